The number of piperazine rings is 1. The second-order valence-corrected chi connectivity index (χ2v) is 7.99. The Balaban J connectivity index is 2.27. The summed E-state index contributed by atoms with van der Waals surface area (Å²) in [4.78, 5) is 2.52. The van der Waals surface area contributed by atoms with Crippen LogP contribution >= 0.6 is 15.9 Å². The zero-order chi connectivity index (χ0) is 15.6. The fourth-order valence-electron chi connectivity index (χ4n) is 2.53. The summed E-state index contributed by atoms with van der Waals surface area (Å²) in [7, 11) is 0.145. The SMILES string of the molecule is CCC1CN(S(=O)(=O)c2ccc(OC)c(Br)c2)CCN1C. The molecule has 0 radical (unpaired) electrons. The average Bonchev–Trinajstić information content (AvgIpc) is 2.47. The van der Waals surface area contributed by atoms with Crippen LogP contribution in [0.4, 0.5) is 0 Å². The molecular weight excluding hydrogens is 356 g/mol. The van der Waals surface area contributed by atoms with Crippen LogP contribution < -0.4 is 4.74 Å². The molecule has 1 aliphatic heterocycles. The fraction of sp³-hybridized carbons (Fsp3) is 0.571. The summed E-state index contributed by atoms with van der Waals surface area (Å²) in [5.41, 5.74) is 0. The van der Waals surface area contributed by atoms with Crippen molar-refractivity contribution >= 4 is 26.0 Å². The van der Waals surface area contributed by atoms with Crippen LogP contribution in [-0.2, 0) is 10.0 Å². The van der Waals surface area contributed by atoms with E-state index in [0.717, 1.165) is 13.0 Å². The molecule has 0 aliphatic carbocycles. The van der Waals surface area contributed by atoms with E-state index in [-0.39, 0.29) is 6.04 Å². The van der Waals surface area contributed by atoms with Gasteiger partial charge in [-0.1, -0.05) is 6.92 Å². The highest BCUT2D eigenvalue weighted by Crippen LogP contribution is 2.29. The van der Waals surface area contributed by atoms with Gasteiger partial charge >= 0.3 is 0 Å². The first-order valence-corrected chi connectivity index (χ1v) is 9.17. The average molecular weight is 377 g/mol. The Bertz CT molecular complexity index is 606. The van der Waals surface area contributed by atoms with Crippen LogP contribution in [0.3, 0.4) is 0 Å². The van der Waals surface area contributed by atoms with Crippen LogP contribution in [0.15, 0.2) is 27.6 Å². The van der Waals surface area contributed by atoms with Crippen LogP contribution in [0.5, 0.6) is 5.75 Å². The summed E-state index contributed by atoms with van der Waals surface area (Å²) in [6.45, 7) is 3.91. The van der Waals surface area contributed by atoms with Gasteiger partial charge < -0.3 is 9.64 Å². The van der Waals surface area contributed by atoms with Crippen molar-refractivity contribution in [1.29, 1.82) is 0 Å². The molecule has 1 heterocycles. The normalized spacial score (nSPS) is 21.4. The molecule has 118 valence electrons. The lowest BCUT2D eigenvalue weighted by molar-refractivity contribution is 0.144. The first kappa shape index (κ1) is 16.7. The predicted molar refractivity (Wildman–Crippen MR) is 86.2 cm³/mol. The Morgan fingerprint density at radius 3 is 2.67 bits per heavy atom. The summed E-state index contributed by atoms with van der Waals surface area (Å²) < 4.78 is 32.9. The first-order valence-electron chi connectivity index (χ1n) is 6.94. The lowest BCUT2D eigenvalue weighted by atomic mass is 10.1. The molecule has 0 aromatic heterocycles. The van der Waals surface area contributed by atoms with Crippen molar-refractivity contribution in [1.82, 2.24) is 9.21 Å². The molecule has 21 heavy (non-hydrogen) atoms. The number of hydrogen-bond donors (Lipinski definition) is 0. The van der Waals surface area contributed by atoms with Gasteiger partial charge in [-0.15, -0.1) is 0 Å². The number of likely N-dealkylation sites (N-methyl/N-ethyl adjacent to an activating group) is 1. The van der Waals surface area contributed by atoms with Gasteiger partial charge in [-0.25, -0.2) is 8.42 Å². The van der Waals surface area contributed by atoms with Crippen LogP contribution in [0, 0.1) is 0 Å². The van der Waals surface area contributed by atoms with E-state index in [9.17, 15) is 8.42 Å². The van der Waals surface area contributed by atoms with E-state index in [0.29, 0.717) is 28.2 Å². The largest absolute Gasteiger partial charge is 0.496 e. The van der Waals surface area contributed by atoms with Gasteiger partial charge in [0.15, 0.2) is 0 Å². The van der Waals surface area contributed by atoms with Gasteiger partial charge in [0.25, 0.3) is 0 Å². The number of rotatable bonds is 4. The number of nitrogens with zero attached hydrogens (tertiary/aromatic N) is 2. The van der Waals surface area contributed by atoms with Crippen molar-refractivity contribution in [2.75, 3.05) is 33.8 Å². The van der Waals surface area contributed by atoms with Gasteiger partial charge in [0.1, 0.15) is 5.75 Å². The van der Waals surface area contributed by atoms with Crippen molar-refractivity contribution in [2.24, 2.45) is 0 Å². The Labute approximate surface area is 135 Å². The van der Waals surface area contributed by atoms with Gasteiger partial charge in [-0.2, -0.15) is 4.31 Å². The van der Waals surface area contributed by atoms with Crippen LogP contribution in [-0.4, -0.2) is 57.5 Å². The van der Waals surface area contributed by atoms with E-state index in [4.69, 9.17) is 4.74 Å². The molecule has 5 nitrogen and oxygen atoms in total. The van der Waals surface area contributed by atoms with Crippen molar-refractivity contribution in [3.05, 3.63) is 22.7 Å². The summed E-state index contributed by atoms with van der Waals surface area (Å²) >= 11 is 3.34. The lowest BCUT2D eigenvalue weighted by Crippen LogP contribution is -2.52. The van der Waals surface area contributed by atoms with E-state index >= 15 is 0 Å². The quantitative estimate of drug-likeness (QED) is 0.807. The summed E-state index contributed by atoms with van der Waals surface area (Å²) in [5, 5.41) is 0. The topological polar surface area (TPSA) is 49.9 Å². The number of ether oxygens (including phenoxy) is 1. The molecule has 0 saturated carbocycles. The third-order valence-electron chi connectivity index (χ3n) is 3.97. The number of methoxy groups -OCH3 is 1. The lowest BCUT2D eigenvalue weighted by Gasteiger charge is -2.38. The van der Waals surface area contributed by atoms with E-state index in [1.54, 1.807) is 29.6 Å². The third kappa shape index (κ3) is 3.41. The molecule has 7 heteroatoms. The van der Waals surface area contributed by atoms with E-state index < -0.39 is 10.0 Å². The van der Waals surface area contributed by atoms with E-state index in [1.807, 2.05) is 7.05 Å². The summed E-state index contributed by atoms with van der Waals surface area (Å²) in [6.07, 6.45) is 0.939. The smallest absolute Gasteiger partial charge is 0.243 e. The molecule has 1 atom stereocenters. The van der Waals surface area contributed by atoms with Crippen molar-refractivity contribution in [3.63, 3.8) is 0 Å². The highest BCUT2D eigenvalue weighted by molar-refractivity contribution is 9.10. The molecular formula is C14H21BrN2O3S. The van der Waals surface area contributed by atoms with Gasteiger partial charge in [0.2, 0.25) is 10.0 Å². The first-order chi connectivity index (χ1) is 9.90. The Morgan fingerprint density at radius 2 is 2.10 bits per heavy atom. The molecule has 0 spiro atoms. The molecule has 0 bridgehead atoms. The van der Waals surface area contributed by atoms with Gasteiger partial charge in [-0.3, -0.25) is 0 Å². The second-order valence-electron chi connectivity index (χ2n) is 5.20. The number of sulfonamides is 1. The maximum atomic E-state index is 12.8. The van der Waals surface area contributed by atoms with Gasteiger partial charge in [0.05, 0.1) is 16.5 Å². The van der Waals surface area contributed by atoms with Gasteiger partial charge in [0, 0.05) is 25.7 Å². The molecule has 0 amide bonds. The second kappa shape index (κ2) is 6.64. The van der Waals surface area contributed by atoms with Crippen molar-refractivity contribution in [2.45, 2.75) is 24.3 Å². The van der Waals surface area contributed by atoms with Crippen LogP contribution in [0.25, 0.3) is 0 Å². The molecule has 0 N–H and O–H groups in total. The highest BCUT2D eigenvalue weighted by atomic mass is 79.9. The molecule has 1 saturated heterocycles. The highest BCUT2D eigenvalue weighted by Gasteiger charge is 2.32. The van der Waals surface area contributed by atoms with Crippen LogP contribution in [0.1, 0.15) is 13.3 Å². The molecule has 2 rings (SSSR count). The minimum absolute atomic E-state index is 0.273. The predicted octanol–water partition coefficient (Wildman–Crippen LogP) is 2.17. The standard InChI is InChI=1S/C14H21BrN2O3S/c1-4-11-10-17(8-7-16(11)2)21(18,19)12-5-6-14(20-3)13(15)9-12/h5-6,9,11H,4,7-8,10H2,1-3H3. The molecule has 1 aromatic rings. The number of hydrogen-bond acceptors (Lipinski definition) is 4. The Morgan fingerprint density at radius 1 is 1.38 bits per heavy atom. The van der Waals surface area contributed by atoms with Crippen LogP contribution in [0.2, 0.25) is 0 Å². The molecule has 1 unspecified atom stereocenters. The molecule has 1 aliphatic rings. The number of benzene rings is 1. The Kier molecular flexibility index (Phi) is 5.29. The van der Waals surface area contributed by atoms with E-state index in [2.05, 4.69) is 27.8 Å². The number of halogens is 1. The maximum Gasteiger partial charge on any atom is 0.243 e. The van der Waals surface area contributed by atoms with Crippen molar-refractivity contribution < 1.29 is 13.2 Å². The maximum absolute atomic E-state index is 12.8. The third-order valence-corrected chi connectivity index (χ3v) is 6.45. The fourth-order valence-corrected chi connectivity index (χ4v) is 4.72. The molecule has 1 fully saturated rings. The Hall–Kier alpha value is -0.630. The summed E-state index contributed by atoms with van der Waals surface area (Å²) in [5.74, 6) is 0.624. The zero-order valence-electron chi connectivity index (χ0n) is 12.5. The minimum Gasteiger partial charge on any atom is -0.496 e. The minimum atomic E-state index is -3.45. The molecule has 1 aromatic carbocycles. The van der Waals surface area contributed by atoms with Crippen molar-refractivity contribution in [3.8, 4) is 5.75 Å². The van der Waals surface area contributed by atoms with Gasteiger partial charge in [-0.05, 0) is 47.6 Å². The van der Waals surface area contributed by atoms with E-state index in [1.165, 1.54) is 0 Å². The summed E-state index contributed by atoms with van der Waals surface area (Å²) in [6, 6.07) is 5.14. The monoisotopic (exact) mass is 376 g/mol. The zero-order valence-corrected chi connectivity index (χ0v) is 14.9.